The zero-order chi connectivity index (χ0) is 24.0. The van der Waals surface area contributed by atoms with E-state index in [2.05, 4.69) is 31.0 Å². The third-order valence-electron chi connectivity index (χ3n) is 7.41. The molecule has 3 heteroatoms. The van der Waals surface area contributed by atoms with Gasteiger partial charge in [0.1, 0.15) is 5.75 Å². The minimum absolute atomic E-state index is 0.0553. The first-order valence-corrected chi connectivity index (χ1v) is 14.0. The van der Waals surface area contributed by atoms with Crippen LogP contribution in [0.3, 0.4) is 0 Å². The average molecular weight is 464 g/mol. The number of esters is 1. The lowest BCUT2D eigenvalue weighted by Crippen LogP contribution is -2.25. The van der Waals surface area contributed by atoms with E-state index in [0.717, 1.165) is 36.4 Å². The molecular formula is C31H45NO2. The third kappa shape index (κ3) is 8.89. The van der Waals surface area contributed by atoms with Gasteiger partial charge in [0.05, 0.1) is 11.6 Å². The minimum atomic E-state index is -0.0553. The number of nitrogens with zero attached hydrogens (tertiary/aromatic N) is 1. The number of aryl methyl sites for hydroxylation is 1. The second kappa shape index (κ2) is 15.0. The molecule has 34 heavy (non-hydrogen) atoms. The van der Waals surface area contributed by atoms with Crippen LogP contribution in [-0.4, -0.2) is 11.0 Å². The van der Waals surface area contributed by atoms with Crippen molar-refractivity contribution in [2.24, 2.45) is 11.8 Å². The van der Waals surface area contributed by atoms with E-state index in [1.165, 1.54) is 82.6 Å². The predicted molar refractivity (Wildman–Crippen MR) is 142 cm³/mol. The first-order valence-electron chi connectivity index (χ1n) is 14.0. The van der Waals surface area contributed by atoms with Crippen LogP contribution in [0.1, 0.15) is 109 Å². The molecule has 0 bridgehead atoms. The molecule has 3 rings (SSSR count). The molecule has 1 aromatic heterocycles. The highest BCUT2D eigenvalue weighted by atomic mass is 16.5. The number of unbranched alkanes of at least 4 members (excludes halogenated alkanes) is 7. The summed E-state index contributed by atoms with van der Waals surface area (Å²) in [5.74, 6) is 1.45. The van der Waals surface area contributed by atoms with Gasteiger partial charge in [0.25, 0.3) is 0 Å². The molecule has 3 nitrogen and oxygen atoms in total. The van der Waals surface area contributed by atoms with Crippen LogP contribution >= 0.6 is 0 Å². The fraction of sp³-hybridized carbons (Fsp3) is 0.613. The highest BCUT2D eigenvalue weighted by Gasteiger charge is 2.27. The van der Waals surface area contributed by atoms with Crippen molar-refractivity contribution in [3.05, 3.63) is 48.2 Å². The summed E-state index contributed by atoms with van der Waals surface area (Å²) in [6.45, 7) is 4.50. The monoisotopic (exact) mass is 463 g/mol. The van der Waals surface area contributed by atoms with E-state index in [9.17, 15) is 4.79 Å². The van der Waals surface area contributed by atoms with E-state index in [1.54, 1.807) is 0 Å². The molecule has 0 saturated heterocycles. The zero-order valence-electron chi connectivity index (χ0n) is 21.6. The largest absolute Gasteiger partial charge is 0.426 e. The molecule has 2 aromatic rings. The van der Waals surface area contributed by atoms with Gasteiger partial charge >= 0.3 is 5.97 Å². The Morgan fingerprint density at radius 2 is 1.50 bits per heavy atom. The van der Waals surface area contributed by atoms with Crippen LogP contribution in [0, 0.1) is 11.8 Å². The summed E-state index contributed by atoms with van der Waals surface area (Å²) in [5, 5.41) is 0. The molecule has 1 heterocycles. The molecular weight excluding hydrogens is 418 g/mol. The van der Waals surface area contributed by atoms with Crippen molar-refractivity contribution in [1.29, 1.82) is 0 Å². The highest BCUT2D eigenvalue weighted by Crippen LogP contribution is 2.33. The topological polar surface area (TPSA) is 39.2 Å². The van der Waals surface area contributed by atoms with Crippen molar-refractivity contribution in [3.63, 3.8) is 0 Å². The summed E-state index contributed by atoms with van der Waals surface area (Å²) in [7, 11) is 0. The van der Waals surface area contributed by atoms with Gasteiger partial charge in [-0.3, -0.25) is 9.78 Å². The van der Waals surface area contributed by atoms with Gasteiger partial charge in [-0.1, -0.05) is 77.7 Å². The van der Waals surface area contributed by atoms with Gasteiger partial charge in [-0.25, -0.2) is 0 Å². The zero-order valence-corrected chi connectivity index (χ0v) is 21.6. The minimum Gasteiger partial charge on any atom is -0.426 e. The quantitative estimate of drug-likeness (QED) is 0.159. The number of benzene rings is 1. The van der Waals surface area contributed by atoms with E-state index < -0.39 is 0 Å². The molecule has 0 spiro atoms. The summed E-state index contributed by atoms with van der Waals surface area (Å²) >= 11 is 0. The summed E-state index contributed by atoms with van der Waals surface area (Å²) in [6, 6.07) is 12.1. The van der Waals surface area contributed by atoms with Gasteiger partial charge in [0, 0.05) is 11.8 Å². The number of rotatable bonds is 14. The fourth-order valence-corrected chi connectivity index (χ4v) is 5.12. The summed E-state index contributed by atoms with van der Waals surface area (Å²) in [6.07, 6.45) is 20.6. The predicted octanol–water partition coefficient (Wildman–Crippen LogP) is 8.94. The van der Waals surface area contributed by atoms with Gasteiger partial charge < -0.3 is 4.74 Å². The molecule has 1 fully saturated rings. The van der Waals surface area contributed by atoms with E-state index in [4.69, 9.17) is 4.74 Å². The van der Waals surface area contributed by atoms with Crippen LogP contribution in [0.5, 0.6) is 5.75 Å². The smallest absolute Gasteiger partial charge is 0.314 e. The lowest BCUT2D eigenvalue weighted by molar-refractivity contribution is -0.140. The lowest BCUT2D eigenvalue weighted by Gasteiger charge is -2.27. The Morgan fingerprint density at radius 3 is 2.18 bits per heavy atom. The number of hydrogen-bond donors (Lipinski definition) is 0. The maximum absolute atomic E-state index is 12.7. The van der Waals surface area contributed by atoms with Crippen molar-refractivity contribution in [3.8, 4) is 17.0 Å². The Bertz CT molecular complexity index is 820. The Kier molecular flexibility index (Phi) is 11.6. The van der Waals surface area contributed by atoms with Gasteiger partial charge in [0.2, 0.25) is 0 Å². The Labute approximate surface area is 207 Å². The molecule has 0 unspecified atom stereocenters. The van der Waals surface area contributed by atoms with E-state index in [1.807, 2.05) is 30.5 Å². The normalized spacial score (nSPS) is 18.1. The second-order valence-corrected chi connectivity index (χ2v) is 10.2. The maximum Gasteiger partial charge on any atom is 0.314 e. The molecule has 186 valence electrons. The van der Waals surface area contributed by atoms with Crippen LogP contribution in [0.2, 0.25) is 0 Å². The molecule has 0 aliphatic heterocycles. The number of ether oxygens (including phenoxy) is 1. The SMILES string of the molecule is CCCCCCCCC1CCC(C(=O)Oc2ccc(-c3ccc(CCCCC)cn3)cc2)CC1. The number of aromatic nitrogens is 1. The van der Waals surface area contributed by atoms with Crippen molar-refractivity contribution >= 4 is 5.97 Å². The summed E-state index contributed by atoms with van der Waals surface area (Å²) in [4.78, 5) is 17.3. The maximum atomic E-state index is 12.7. The number of pyridine rings is 1. The van der Waals surface area contributed by atoms with E-state index in [-0.39, 0.29) is 11.9 Å². The second-order valence-electron chi connectivity index (χ2n) is 10.2. The molecule has 0 N–H and O–H groups in total. The molecule has 1 aliphatic rings. The van der Waals surface area contributed by atoms with Crippen LogP contribution in [0.4, 0.5) is 0 Å². The van der Waals surface area contributed by atoms with Crippen molar-refractivity contribution in [2.45, 2.75) is 110 Å². The Balaban J connectivity index is 1.38. The molecule has 0 amide bonds. The molecule has 1 aliphatic carbocycles. The number of carbonyl (C=O) groups is 1. The summed E-state index contributed by atoms with van der Waals surface area (Å²) in [5.41, 5.74) is 3.31. The van der Waals surface area contributed by atoms with Gasteiger partial charge in [-0.2, -0.15) is 0 Å². The Hall–Kier alpha value is -2.16. The van der Waals surface area contributed by atoms with E-state index in [0.29, 0.717) is 5.75 Å². The molecule has 1 aromatic carbocycles. The van der Waals surface area contributed by atoms with Gasteiger partial charge in [0.15, 0.2) is 0 Å². The van der Waals surface area contributed by atoms with Crippen LogP contribution in [0.25, 0.3) is 11.3 Å². The molecule has 1 saturated carbocycles. The van der Waals surface area contributed by atoms with Crippen molar-refractivity contribution < 1.29 is 9.53 Å². The van der Waals surface area contributed by atoms with Crippen molar-refractivity contribution in [2.75, 3.05) is 0 Å². The first kappa shape index (κ1) is 26.4. The third-order valence-corrected chi connectivity index (χ3v) is 7.41. The first-order chi connectivity index (χ1) is 16.7. The standard InChI is InChI=1S/C31H45NO2/c1-3-5-7-8-9-11-12-25-14-17-28(18-15-25)31(33)34-29-21-19-27(20-22-29)30-23-16-26(24-32-30)13-10-6-4-2/h16,19-25,28H,3-15,17-18H2,1-2H3. The fourth-order valence-electron chi connectivity index (χ4n) is 5.12. The molecule has 0 radical (unpaired) electrons. The van der Waals surface area contributed by atoms with Gasteiger partial charge in [-0.05, 0) is 80.3 Å². The van der Waals surface area contributed by atoms with Crippen LogP contribution in [-0.2, 0) is 11.2 Å². The van der Waals surface area contributed by atoms with Crippen LogP contribution < -0.4 is 4.74 Å². The van der Waals surface area contributed by atoms with Crippen LogP contribution in [0.15, 0.2) is 42.6 Å². The molecule has 0 atom stereocenters. The van der Waals surface area contributed by atoms with Crippen molar-refractivity contribution in [1.82, 2.24) is 4.98 Å². The Morgan fingerprint density at radius 1 is 0.824 bits per heavy atom. The van der Waals surface area contributed by atoms with Gasteiger partial charge in [-0.15, -0.1) is 0 Å². The van der Waals surface area contributed by atoms with E-state index >= 15 is 0 Å². The highest BCUT2D eigenvalue weighted by molar-refractivity contribution is 5.75. The summed E-state index contributed by atoms with van der Waals surface area (Å²) < 4.78 is 5.73. The number of carbonyl (C=O) groups excluding carboxylic acids is 1. The average Bonchev–Trinajstić information content (AvgIpc) is 2.87. The number of hydrogen-bond acceptors (Lipinski definition) is 3. The lowest BCUT2D eigenvalue weighted by atomic mass is 9.80.